The average Bonchev–Trinajstić information content (AvgIpc) is 1.62. The van der Waals surface area contributed by atoms with E-state index in [2.05, 4.69) is 0 Å². The summed E-state index contributed by atoms with van der Waals surface area (Å²) in [5.74, 6) is 0. The van der Waals surface area contributed by atoms with Crippen LogP contribution in [0.2, 0.25) is 0 Å². The van der Waals surface area contributed by atoms with Crippen molar-refractivity contribution < 1.29 is 30.7 Å². The van der Waals surface area contributed by atoms with Crippen molar-refractivity contribution in [3.63, 3.8) is 0 Å². The standard InChI is InChI=1S/C2HF5O2S/c3-1(4,5)2(6,7)10(8)9/h(H,8,9). The van der Waals surface area contributed by atoms with Crippen molar-refractivity contribution in [1.29, 1.82) is 0 Å². The van der Waals surface area contributed by atoms with Gasteiger partial charge in [0.15, 0.2) is 0 Å². The van der Waals surface area contributed by atoms with Gasteiger partial charge in [-0.2, -0.15) is 22.0 Å². The van der Waals surface area contributed by atoms with Gasteiger partial charge in [-0.1, -0.05) is 0 Å². The molecule has 0 saturated heterocycles. The molecule has 1 unspecified atom stereocenters. The Balaban J connectivity index is 4.57. The first kappa shape index (κ1) is 9.76. The van der Waals surface area contributed by atoms with Gasteiger partial charge in [0, 0.05) is 0 Å². The van der Waals surface area contributed by atoms with Crippen LogP contribution in [-0.4, -0.2) is 20.2 Å². The first-order valence-electron chi connectivity index (χ1n) is 1.75. The van der Waals surface area contributed by atoms with Crippen LogP contribution >= 0.6 is 0 Å². The Morgan fingerprint density at radius 2 is 1.40 bits per heavy atom. The van der Waals surface area contributed by atoms with Crippen molar-refractivity contribution in [2.24, 2.45) is 0 Å². The molecule has 0 bridgehead atoms. The Morgan fingerprint density at radius 3 is 1.40 bits per heavy atom. The van der Waals surface area contributed by atoms with Crippen LogP contribution in [0.1, 0.15) is 0 Å². The molecular weight excluding hydrogens is 183 g/mol. The van der Waals surface area contributed by atoms with Crippen LogP contribution in [-0.2, 0) is 11.1 Å². The van der Waals surface area contributed by atoms with Crippen molar-refractivity contribution in [3.05, 3.63) is 0 Å². The summed E-state index contributed by atoms with van der Waals surface area (Å²) in [6.45, 7) is 0. The third-order valence-corrected chi connectivity index (χ3v) is 1.22. The van der Waals surface area contributed by atoms with E-state index < -0.39 is 22.5 Å². The lowest BCUT2D eigenvalue weighted by molar-refractivity contribution is -0.241. The average molecular weight is 184 g/mol. The highest BCUT2D eigenvalue weighted by Crippen LogP contribution is 2.37. The first-order valence-corrected chi connectivity index (χ1v) is 2.86. The number of halogens is 5. The van der Waals surface area contributed by atoms with E-state index in [1.54, 1.807) is 0 Å². The van der Waals surface area contributed by atoms with Gasteiger partial charge in [-0.15, -0.1) is 0 Å². The summed E-state index contributed by atoms with van der Waals surface area (Å²) in [6, 6.07) is 0. The molecule has 10 heavy (non-hydrogen) atoms. The Morgan fingerprint density at radius 1 is 1.10 bits per heavy atom. The lowest BCUT2D eigenvalue weighted by atomic mass is 10.7. The summed E-state index contributed by atoms with van der Waals surface area (Å²) in [6.07, 6.45) is -5.97. The molecule has 0 aromatic carbocycles. The molecule has 0 aliphatic carbocycles. The van der Waals surface area contributed by atoms with E-state index in [0.717, 1.165) is 0 Å². The maximum absolute atomic E-state index is 11.4. The van der Waals surface area contributed by atoms with Crippen LogP contribution in [0.4, 0.5) is 22.0 Å². The fourth-order valence-corrected chi connectivity index (χ4v) is 0.297. The molecule has 0 heterocycles. The zero-order valence-corrected chi connectivity index (χ0v) is 4.97. The second-order valence-electron chi connectivity index (χ2n) is 1.26. The highest BCUT2D eigenvalue weighted by molar-refractivity contribution is 7.80. The molecule has 0 aliphatic rings. The minimum absolute atomic E-state index is 4.20. The van der Waals surface area contributed by atoms with Crippen LogP contribution in [0.25, 0.3) is 0 Å². The molecule has 62 valence electrons. The van der Waals surface area contributed by atoms with Gasteiger partial charge in [0.25, 0.3) is 0 Å². The molecule has 0 aliphatic heterocycles. The Bertz CT molecular complexity index is 150. The van der Waals surface area contributed by atoms with E-state index in [0.29, 0.717) is 0 Å². The fourth-order valence-electron chi connectivity index (χ4n) is 0.0990. The van der Waals surface area contributed by atoms with Gasteiger partial charge in [0.05, 0.1) is 0 Å². The van der Waals surface area contributed by atoms with E-state index >= 15 is 0 Å². The summed E-state index contributed by atoms with van der Waals surface area (Å²) >= 11 is -4.20. The van der Waals surface area contributed by atoms with Gasteiger partial charge >= 0.3 is 11.4 Å². The van der Waals surface area contributed by atoms with Crippen LogP contribution in [0, 0.1) is 0 Å². The zero-order valence-electron chi connectivity index (χ0n) is 4.15. The van der Waals surface area contributed by atoms with Gasteiger partial charge in [-0.3, -0.25) is 0 Å². The number of rotatable bonds is 1. The van der Waals surface area contributed by atoms with Gasteiger partial charge in [-0.25, -0.2) is 4.21 Å². The molecule has 0 aromatic rings. The molecule has 1 atom stereocenters. The Labute approximate surface area is 54.3 Å². The molecule has 0 fully saturated rings. The summed E-state index contributed by atoms with van der Waals surface area (Å²) in [5, 5.41) is -5.53. The highest BCUT2D eigenvalue weighted by atomic mass is 32.2. The van der Waals surface area contributed by atoms with E-state index in [-0.39, 0.29) is 0 Å². The largest absolute Gasteiger partial charge is 0.469 e. The Kier molecular flexibility index (Phi) is 2.36. The number of hydrogen-bond donors (Lipinski definition) is 1. The SMILES string of the molecule is O=S(O)C(F)(F)C(F)(F)F. The first-order chi connectivity index (χ1) is 4.19. The maximum atomic E-state index is 11.4. The summed E-state index contributed by atoms with van der Waals surface area (Å²) < 4.78 is 72.4. The normalized spacial score (nSPS) is 17.0. The van der Waals surface area contributed by atoms with Crippen molar-refractivity contribution in [2.45, 2.75) is 11.4 Å². The summed E-state index contributed by atoms with van der Waals surface area (Å²) in [5.41, 5.74) is 0. The van der Waals surface area contributed by atoms with Gasteiger partial charge in [0.2, 0.25) is 11.1 Å². The fraction of sp³-hybridized carbons (Fsp3) is 1.00. The third kappa shape index (κ3) is 1.63. The molecule has 0 aromatic heterocycles. The predicted molar refractivity (Wildman–Crippen MR) is 21.8 cm³/mol. The van der Waals surface area contributed by atoms with E-state index in [4.69, 9.17) is 4.55 Å². The molecule has 0 radical (unpaired) electrons. The number of alkyl halides is 5. The molecule has 1 N–H and O–H groups in total. The molecular formula is C2HF5O2S. The van der Waals surface area contributed by atoms with Gasteiger partial charge in [0.1, 0.15) is 0 Å². The minimum Gasteiger partial charge on any atom is -0.301 e. The van der Waals surface area contributed by atoms with Crippen molar-refractivity contribution in [1.82, 2.24) is 0 Å². The molecule has 0 rings (SSSR count). The van der Waals surface area contributed by atoms with Crippen molar-refractivity contribution in [2.75, 3.05) is 0 Å². The van der Waals surface area contributed by atoms with E-state index in [1.807, 2.05) is 0 Å². The van der Waals surface area contributed by atoms with Crippen LogP contribution in [0.3, 0.4) is 0 Å². The zero-order chi connectivity index (χ0) is 8.58. The van der Waals surface area contributed by atoms with Crippen molar-refractivity contribution >= 4 is 11.1 Å². The monoisotopic (exact) mass is 184 g/mol. The molecule has 2 nitrogen and oxygen atoms in total. The van der Waals surface area contributed by atoms with E-state index in [1.165, 1.54) is 0 Å². The maximum Gasteiger partial charge on any atom is 0.469 e. The van der Waals surface area contributed by atoms with Gasteiger partial charge in [-0.05, 0) is 0 Å². The lowest BCUT2D eigenvalue weighted by Gasteiger charge is -2.14. The molecule has 0 spiro atoms. The smallest absolute Gasteiger partial charge is 0.301 e. The van der Waals surface area contributed by atoms with Crippen LogP contribution < -0.4 is 0 Å². The molecule has 0 saturated carbocycles. The summed E-state index contributed by atoms with van der Waals surface area (Å²) in [4.78, 5) is 0. The van der Waals surface area contributed by atoms with Crippen LogP contribution in [0.5, 0.6) is 0 Å². The highest BCUT2D eigenvalue weighted by Gasteiger charge is 2.62. The molecule has 8 heteroatoms. The lowest BCUT2D eigenvalue weighted by Crippen LogP contribution is -2.40. The predicted octanol–water partition coefficient (Wildman–Crippen LogP) is 1.36. The third-order valence-electron chi connectivity index (χ3n) is 0.549. The topological polar surface area (TPSA) is 37.3 Å². The molecule has 0 amide bonds. The van der Waals surface area contributed by atoms with Crippen LogP contribution in [0.15, 0.2) is 0 Å². The Hall–Kier alpha value is -0.240. The summed E-state index contributed by atoms with van der Waals surface area (Å²) in [7, 11) is 0. The quantitative estimate of drug-likeness (QED) is 0.493. The van der Waals surface area contributed by atoms with E-state index in [9.17, 15) is 26.2 Å². The van der Waals surface area contributed by atoms with Crippen molar-refractivity contribution in [3.8, 4) is 0 Å². The minimum atomic E-state index is -5.97. The second-order valence-corrected chi connectivity index (χ2v) is 2.27. The number of hydrogen-bond acceptors (Lipinski definition) is 1. The van der Waals surface area contributed by atoms with Gasteiger partial charge < -0.3 is 4.55 Å². The second kappa shape index (κ2) is 2.42.